The topological polar surface area (TPSA) is 85.4 Å². The van der Waals surface area contributed by atoms with Crippen LogP contribution in [0.25, 0.3) is 11.3 Å². The summed E-state index contributed by atoms with van der Waals surface area (Å²) in [6.07, 6.45) is 0.364. The Morgan fingerprint density at radius 2 is 1.82 bits per heavy atom. The van der Waals surface area contributed by atoms with Crippen molar-refractivity contribution in [1.82, 2.24) is 4.98 Å². The van der Waals surface area contributed by atoms with E-state index in [1.165, 1.54) is 11.3 Å². The Bertz CT molecular complexity index is 1030. The van der Waals surface area contributed by atoms with Crippen LogP contribution in [0.3, 0.4) is 0 Å². The Balaban J connectivity index is 1.52. The number of nitrogens with zero attached hydrogens (tertiary/aromatic N) is 1. The van der Waals surface area contributed by atoms with Crippen LogP contribution in [-0.4, -0.2) is 32.2 Å². The van der Waals surface area contributed by atoms with Gasteiger partial charge in [0.05, 0.1) is 23.5 Å². The Kier molecular flexibility index (Phi) is 6.43. The lowest BCUT2D eigenvalue weighted by Crippen LogP contribution is -2.14. The second-order valence-corrected chi connectivity index (χ2v) is 9.02. The number of aromatic nitrogens is 1. The fraction of sp³-hybridized carbons (Fsp3) is 0.200. The molecular formula is C20H20N2O4S2. The highest BCUT2D eigenvalue weighted by molar-refractivity contribution is 7.91. The minimum absolute atomic E-state index is 0.0700. The lowest BCUT2D eigenvalue weighted by atomic mass is 10.2. The third kappa shape index (κ3) is 5.17. The van der Waals surface area contributed by atoms with E-state index in [0.29, 0.717) is 5.13 Å². The van der Waals surface area contributed by atoms with Gasteiger partial charge in [0.15, 0.2) is 15.0 Å². The molecule has 0 aliphatic rings. The molecule has 3 aromatic rings. The maximum absolute atomic E-state index is 12.2. The fourth-order valence-corrected chi connectivity index (χ4v) is 4.64. The third-order valence-electron chi connectivity index (χ3n) is 4.06. The van der Waals surface area contributed by atoms with Crippen LogP contribution in [0.2, 0.25) is 0 Å². The SMILES string of the molecule is COc1ccc(-c2csc(NC(=O)CCCS(=O)(=O)c3ccccc3)n2)cc1. The maximum Gasteiger partial charge on any atom is 0.226 e. The summed E-state index contributed by atoms with van der Waals surface area (Å²) in [4.78, 5) is 16.8. The van der Waals surface area contributed by atoms with Crippen LogP contribution < -0.4 is 10.1 Å². The number of sulfone groups is 1. The van der Waals surface area contributed by atoms with Crippen molar-refractivity contribution >= 4 is 32.2 Å². The first-order chi connectivity index (χ1) is 13.5. The number of ether oxygens (including phenoxy) is 1. The molecule has 1 N–H and O–H groups in total. The summed E-state index contributed by atoms with van der Waals surface area (Å²) in [5.41, 5.74) is 1.68. The van der Waals surface area contributed by atoms with Crippen LogP contribution in [-0.2, 0) is 14.6 Å². The molecule has 0 spiro atoms. The largest absolute Gasteiger partial charge is 0.497 e. The molecule has 0 fully saturated rings. The summed E-state index contributed by atoms with van der Waals surface area (Å²) >= 11 is 1.33. The van der Waals surface area contributed by atoms with E-state index < -0.39 is 9.84 Å². The minimum atomic E-state index is -3.37. The summed E-state index contributed by atoms with van der Waals surface area (Å²) in [6.45, 7) is 0. The minimum Gasteiger partial charge on any atom is -0.497 e. The number of rotatable bonds is 8. The van der Waals surface area contributed by atoms with Crippen LogP contribution in [0.15, 0.2) is 64.9 Å². The molecule has 0 radical (unpaired) electrons. The Morgan fingerprint density at radius 1 is 1.11 bits per heavy atom. The Morgan fingerprint density at radius 3 is 2.50 bits per heavy atom. The van der Waals surface area contributed by atoms with E-state index in [9.17, 15) is 13.2 Å². The number of carbonyl (C=O) groups excluding carboxylic acids is 1. The van der Waals surface area contributed by atoms with Crippen LogP contribution in [0.4, 0.5) is 5.13 Å². The molecule has 1 amide bonds. The van der Waals surface area contributed by atoms with Crippen molar-refractivity contribution in [2.75, 3.05) is 18.2 Å². The highest BCUT2D eigenvalue weighted by Gasteiger charge is 2.15. The van der Waals surface area contributed by atoms with Gasteiger partial charge in [-0.2, -0.15) is 0 Å². The van der Waals surface area contributed by atoms with Crippen LogP contribution >= 0.6 is 11.3 Å². The van der Waals surface area contributed by atoms with Crippen molar-refractivity contribution in [2.45, 2.75) is 17.7 Å². The number of anilines is 1. The van der Waals surface area contributed by atoms with E-state index in [1.807, 2.05) is 29.6 Å². The molecule has 0 bridgehead atoms. The second-order valence-electron chi connectivity index (χ2n) is 6.05. The number of amides is 1. The van der Waals surface area contributed by atoms with Crippen molar-refractivity contribution in [3.05, 3.63) is 60.0 Å². The number of methoxy groups -OCH3 is 1. The molecule has 28 heavy (non-hydrogen) atoms. The molecule has 0 unspecified atom stereocenters. The van der Waals surface area contributed by atoms with E-state index in [4.69, 9.17) is 4.74 Å². The molecule has 1 aromatic heterocycles. The van der Waals surface area contributed by atoms with Gasteiger partial charge >= 0.3 is 0 Å². The summed E-state index contributed by atoms with van der Waals surface area (Å²) < 4.78 is 29.6. The number of hydrogen-bond donors (Lipinski definition) is 1. The number of benzene rings is 2. The normalized spacial score (nSPS) is 11.2. The lowest BCUT2D eigenvalue weighted by molar-refractivity contribution is -0.116. The predicted molar refractivity (Wildman–Crippen MR) is 110 cm³/mol. The maximum atomic E-state index is 12.2. The molecule has 0 saturated heterocycles. The average Bonchev–Trinajstić information content (AvgIpc) is 3.17. The lowest BCUT2D eigenvalue weighted by Gasteiger charge is -2.04. The van der Waals surface area contributed by atoms with E-state index in [0.717, 1.165) is 17.0 Å². The third-order valence-corrected chi connectivity index (χ3v) is 6.63. The molecule has 0 atom stereocenters. The van der Waals surface area contributed by atoms with Gasteiger partial charge in [0.2, 0.25) is 5.91 Å². The van der Waals surface area contributed by atoms with E-state index in [1.54, 1.807) is 37.4 Å². The van der Waals surface area contributed by atoms with Gasteiger partial charge in [-0.05, 0) is 42.8 Å². The van der Waals surface area contributed by atoms with Crippen molar-refractivity contribution in [2.24, 2.45) is 0 Å². The highest BCUT2D eigenvalue weighted by Crippen LogP contribution is 2.26. The molecule has 0 aliphatic carbocycles. The molecule has 6 nitrogen and oxygen atoms in total. The van der Waals surface area contributed by atoms with Crippen molar-refractivity contribution in [3.63, 3.8) is 0 Å². The zero-order chi connectivity index (χ0) is 20.0. The fourth-order valence-electron chi connectivity index (χ4n) is 2.58. The van der Waals surface area contributed by atoms with Gasteiger partial charge in [-0.3, -0.25) is 4.79 Å². The zero-order valence-electron chi connectivity index (χ0n) is 15.3. The number of nitrogens with one attached hydrogen (secondary N) is 1. The quantitative estimate of drug-likeness (QED) is 0.600. The summed E-state index contributed by atoms with van der Waals surface area (Å²) in [5, 5.41) is 5.08. The molecule has 2 aromatic carbocycles. The van der Waals surface area contributed by atoms with E-state index in [2.05, 4.69) is 10.3 Å². The first kappa shape index (κ1) is 20.0. The molecule has 0 saturated carbocycles. The van der Waals surface area contributed by atoms with Crippen LogP contribution in [0.5, 0.6) is 5.75 Å². The zero-order valence-corrected chi connectivity index (χ0v) is 16.9. The molecule has 0 aliphatic heterocycles. The Hall–Kier alpha value is -2.71. The van der Waals surface area contributed by atoms with Gasteiger partial charge < -0.3 is 10.1 Å². The number of hydrogen-bond acceptors (Lipinski definition) is 6. The smallest absolute Gasteiger partial charge is 0.226 e. The average molecular weight is 417 g/mol. The monoisotopic (exact) mass is 416 g/mol. The van der Waals surface area contributed by atoms with Crippen molar-refractivity contribution < 1.29 is 17.9 Å². The standard InChI is InChI=1S/C20H20N2O4S2/c1-26-16-11-9-15(10-12-16)18-14-27-20(21-18)22-19(23)8-5-13-28(24,25)17-6-3-2-4-7-17/h2-4,6-7,9-12,14H,5,8,13H2,1H3,(H,21,22,23). The highest BCUT2D eigenvalue weighted by atomic mass is 32.2. The van der Waals surface area contributed by atoms with Crippen molar-refractivity contribution in [1.29, 1.82) is 0 Å². The van der Waals surface area contributed by atoms with Crippen LogP contribution in [0, 0.1) is 0 Å². The van der Waals surface area contributed by atoms with Crippen LogP contribution in [0.1, 0.15) is 12.8 Å². The summed E-state index contributed by atoms with van der Waals surface area (Å²) in [7, 11) is -1.76. The molecule has 8 heteroatoms. The van der Waals surface area contributed by atoms with Gasteiger partial charge in [0, 0.05) is 17.4 Å². The van der Waals surface area contributed by atoms with Gasteiger partial charge in [0.1, 0.15) is 5.75 Å². The summed E-state index contributed by atoms with van der Waals surface area (Å²) in [6, 6.07) is 15.7. The number of carbonyl (C=O) groups is 1. The molecular weight excluding hydrogens is 396 g/mol. The van der Waals surface area contributed by atoms with Gasteiger partial charge in [-0.1, -0.05) is 18.2 Å². The second kappa shape index (κ2) is 8.99. The molecule has 146 valence electrons. The van der Waals surface area contributed by atoms with Gasteiger partial charge in [0.25, 0.3) is 0 Å². The van der Waals surface area contributed by atoms with E-state index in [-0.39, 0.29) is 29.4 Å². The molecule has 1 heterocycles. The number of thiazole rings is 1. The first-order valence-electron chi connectivity index (χ1n) is 8.65. The van der Waals surface area contributed by atoms with E-state index >= 15 is 0 Å². The van der Waals surface area contributed by atoms with Gasteiger partial charge in [-0.15, -0.1) is 11.3 Å². The predicted octanol–water partition coefficient (Wildman–Crippen LogP) is 4.01. The summed E-state index contributed by atoms with van der Waals surface area (Å²) in [5.74, 6) is 0.441. The molecule has 3 rings (SSSR count). The van der Waals surface area contributed by atoms with Crippen molar-refractivity contribution in [3.8, 4) is 17.0 Å². The first-order valence-corrected chi connectivity index (χ1v) is 11.2. The van der Waals surface area contributed by atoms with Gasteiger partial charge in [-0.25, -0.2) is 13.4 Å². The Labute approximate surface area is 168 Å².